The van der Waals surface area contributed by atoms with Crippen LogP contribution in [-0.4, -0.2) is 22.8 Å². The molecule has 0 aromatic heterocycles. The number of hydrogen-bond acceptors (Lipinski definition) is 2. The van der Waals surface area contributed by atoms with Gasteiger partial charge >= 0.3 is 0 Å². The van der Waals surface area contributed by atoms with Crippen LogP contribution in [0.1, 0.15) is 6.42 Å². The van der Waals surface area contributed by atoms with Gasteiger partial charge in [-0.15, -0.1) is 0 Å². The van der Waals surface area contributed by atoms with Crippen molar-refractivity contribution in [3.05, 3.63) is 0 Å². The van der Waals surface area contributed by atoms with E-state index in [-0.39, 0.29) is 0 Å². The van der Waals surface area contributed by atoms with E-state index in [9.17, 15) is 4.55 Å². The molecule has 0 N–H and O–H groups in total. The van der Waals surface area contributed by atoms with Crippen LogP contribution < -0.4 is 0 Å². The molecule has 0 bridgehead atoms. The second-order valence-electron chi connectivity index (χ2n) is 1.35. The van der Waals surface area contributed by atoms with Crippen molar-refractivity contribution in [3.63, 3.8) is 0 Å². The Kier molecular flexibility index (Phi) is 6.36. The quantitative estimate of drug-likeness (QED) is 0.417. The molecule has 48 valence electrons. The minimum atomic E-state index is -0.662. The Morgan fingerprint density at radius 1 is 1.88 bits per heavy atom. The fourth-order valence-corrected chi connectivity index (χ4v) is 0.983. The highest BCUT2D eigenvalue weighted by molar-refractivity contribution is 14.1. The molecule has 0 rings (SSSR count). The van der Waals surface area contributed by atoms with E-state index < -0.39 is 11.2 Å². The lowest BCUT2D eigenvalue weighted by Crippen LogP contribution is -2.02. The summed E-state index contributed by atoms with van der Waals surface area (Å²) in [6.07, 6.45) is 4.29. The van der Waals surface area contributed by atoms with Gasteiger partial charge in [0, 0.05) is 12.6 Å². The van der Waals surface area contributed by atoms with Gasteiger partial charge in [0.25, 0.3) is 0 Å². The zero-order valence-corrected chi connectivity index (χ0v) is 7.61. The highest BCUT2D eigenvalue weighted by Crippen LogP contribution is 1.87. The lowest BCUT2D eigenvalue weighted by atomic mass is 10.5. The van der Waals surface area contributed by atoms with Crippen LogP contribution in [0.2, 0.25) is 0 Å². The first-order valence-electron chi connectivity index (χ1n) is 2.20. The topological polar surface area (TPSA) is 35.4 Å². The van der Waals surface area contributed by atoms with Gasteiger partial charge < -0.3 is 4.55 Å². The van der Waals surface area contributed by atoms with Crippen molar-refractivity contribution in [2.45, 2.75) is 6.42 Å². The summed E-state index contributed by atoms with van der Waals surface area (Å²) in [5.74, 6) is 0.729. The van der Waals surface area contributed by atoms with Gasteiger partial charge in [-0.25, -0.2) is 3.21 Å². The molecule has 0 radical (unpaired) electrons. The third-order valence-corrected chi connectivity index (χ3v) is 1.81. The van der Waals surface area contributed by atoms with Crippen LogP contribution in [0.3, 0.4) is 0 Å². The van der Waals surface area contributed by atoms with Gasteiger partial charge in [0.15, 0.2) is 0 Å². The van der Waals surface area contributed by atoms with Gasteiger partial charge in [0.2, 0.25) is 0 Å². The Morgan fingerprint density at radius 3 is 2.88 bits per heavy atom. The Labute approximate surface area is 66.4 Å². The molecular formula is C4H8INOS. The third-order valence-electron chi connectivity index (χ3n) is 0.603. The smallest absolute Gasteiger partial charge is 0.110 e. The number of nitrogens with zero attached hydrogens (tertiary/aromatic N) is 1. The Balaban J connectivity index is 2.93. The maximum absolute atomic E-state index is 10.4. The molecule has 0 aliphatic heterocycles. The minimum Gasteiger partial charge on any atom is -0.617 e. The molecule has 4 heteroatoms. The predicted molar refractivity (Wildman–Crippen MR) is 46.1 cm³/mol. The summed E-state index contributed by atoms with van der Waals surface area (Å²) in [6.45, 7) is 0. The average molecular weight is 245 g/mol. The summed E-state index contributed by atoms with van der Waals surface area (Å²) in [6, 6.07) is 0. The summed E-state index contributed by atoms with van der Waals surface area (Å²) in [5, 5.41) is 0. The second-order valence-corrected chi connectivity index (χ2v) is 3.46. The minimum absolute atomic E-state index is 0.662. The van der Waals surface area contributed by atoms with Crippen LogP contribution in [-0.2, 0) is 11.2 Å². The van der Waals surface area contributed by atoms with Crippen LogP contribution in [0.5, 0.6) is 0 Å². The molecule has 0 aromatic rings. The molecule has 0 aliphatic rings. The van der Waals surface area contributed by atoms with E-state index in [0.29, 0.717) is 0 Å². The largest absolute Gasteiger partial charge is 0.617 e. The molecule has 0 saturated carbocycles. The molecule has 8 heavy (non-hydrogen) atoms. The molecule has 0 fully saturated rings. The summed E-state index contributed by atoms with van der Waals surface area (Å²) < 4.78 is 14.1. The first kappa shape index (κ1) is 8.71. The van der Waals surface area contributed by atoms with E-state index in [4.69, 9.17) is 0 Å². The molecular weight excluding hydrogens is 237 g/mol. The molecule has 0 aromatic carbocycles. The number of halogens is 1. The van der Waals surface area contributed by atoms with Crippen molar-refractivity contribution in [2.24, 2.45) is 3.21 Å². The molecule has 1 atom stereocenters. The molecule has 0 amide bonds. The average Bonchev–Trinajstić information content (AvgIpc) is 1.66. The molecule has 0 heterocycles. The summed E-state index contributed by atoms with van der Waals surface area (Å²) >= 11 is 1.24. The lowest BCUT2D eigenvalue weighted by molar-refractivity contribution is 0.601. The Morgan fingerprint density at radius 2 is 2.50 bits per heavy atom. The van der Waals surface area contributed by atoms with Crippen LogP contribution >= 0.6 is 22.9 Å². The summed E-state index contributed by atoms with van der Waals surface area (Å²) in [4.78, 5) is 0. The van der Waals surface area contributed by atoms with Gasteiger partial charge in [0.1, 0.15) is 5.75 Å². The van der Waals surface area contributed by atoms with Crippen LogP contribution in [0.15, 0.2) is 3.21 Å². The van der Waals surface area contributed by atoms with Gasteiger partial charge in [-0.05, 0) is 0 Å². The summed E-state index contributed by atoms with van der Waals surface area (Å²) in [5.41, 5.74) is 0. The first-order valence-corrected chi connectivity index (χ1v) is 4.89. The van der Waals surface area contributed by atoms with Crippen molar-refractivity contribution >= 4 is 40.3 Å². The standard InChI is InChI=1S/C4H8INOS/c1-8(7)4-2-3-6-5/h3H,2,4H2,1H3/b6-3-. The number of rotatable bonds is 3. The maximum atomic E-state index is 10.4. The zero-order valence-electron chi connectivity index (χ0n) is 4.63. The van der Waals surface area contributed by atoms with E-state index in [1.165, 1.54) is 0 Å². The molecule has 0 saturated heterocycles. The van der Waals surface area contributed by atoms with Crippen molar-refractivity contribution in [3.8, 4) is 0 Å². The van der Waals surface area contributed by atoms with E-state index >= 15 is 0 Å². The van der Waals surface area contributed by atoms with Crippen molar-refractivity contribution < 1.29 is 4.55 Å². The first-order chi connectivity index (χ1) is 3.77. The van der Waals surface area contributed by atoms with Gasteiger partial charge in [-0.1, -0.05) is 11.2 Å². The highest BCUT2D eigenvalue weighted by atomic mass is 127. The molecule has 2 nitrogen and oxygen atoms in total. The van der Waals surface area contributed by atoms with Crippen molar-refractivity contribution in [2.75, 3.05) is 12.0 Å². The van der Waals surface area contributed by atoms with Crippen molar-refractivity contribution in [1.82, 2.24) is 0 Å². The van der Waals surface area contributed by atoms with E-state index in [1.54, 1.807) is 12.5 Å². The number of hydrogen-bond donors (Lipinski definition) is 0. The fourth-order valence-electron chi connectivity index (χ4n) is 0.267. The van der Waals surface area contributed by atoms with Crippen LogP contribution in [0, 0.1) is 0 Å². The fraction of sp³-hybridized carbons (Fsp3) is 0.750. The molecule has 0 aliphatic carbocycles. The van der Waals surface area contributed by atoms with Crippen LogP contribution in [0.4, 0.5) is 0 Å². The van der Waals surface area contributed by atoms with E-state index in [0.717, 1.165) is 12.2 Å². The van der Waals surface area contributed by atoms with Gasteiger partial charge in [-0.3, -0.25) is 0 Å². The summed E-state index contributed by atoms with van der Waals surface area (Å²) in [7, 11) is 0. The maximum Gasteiger partial charge on any atom is 0.110 e. The zero-order chi connectivity index (χ0) is 6.41. The van der Waals surface area contributed by atoms with Crippen LogP contribution in [0.25, 0.3) is 0 Å². The van der Waals surface area contributed by atoms with E-state index in [2.05, 4.69) is 3.21 Å². The van der Waals surface area contributed by atoms with Gasteiger partial charge in [0.05, 0.1) is 29.1 Å². The van der Waals surface area contributed by atoms with Gasteiger partial charge in [-0.2, -0.15) is 0 Å². The Bertz CT molecular complexity index is 76.4. The monoisotopic (exact) mass is 245 g/mol. The molecule has 0 spiro atoms. The lowest BCUT2D eigenvalue weighted by Gasteiger charge is -1.99. The Hall–Kier alpha value is 0.710. The predicted octanol–water partition coefficient (Wildman–Crippen LogP) is 1.18. The van der Waals surface area contributed by atoms with E-state index in [1.807, 2.05) is 22.9 Å². The second kappa shape index (κ2) is 5.84. The normalized spacial score (nSPS) is 14.9. The highest BCUT2D eigenvalue weighted by Gasteiger charge is 1.91. The molecule has 1 unspecified atom stereocenters. The third kappa shape index (κ3) is 6.71. The van der Waals surface area contributed by atoms with Crippen molar-refractivity contribution in [1.29, 1.82) is 0 Å². The SMILES string of the molecule is C[S+]([O-])CC/C=N\I.